The van der Waals surface area contributed by atoms with E-state index < -0.39 is 6.04 Å². The number of benzene rings is 1. The Kier molecular flexibility index (Phi) is 4.97. The van der Waals surface area contributed by atoms with E-state index in [0.717, 1.165) is 30.8 Å². The molecule has 0 bridgehead atoms. The van der Waals surface area contributed by atoms with Crippen LogP contribution >= 0.6 is 0 Å². The maximum Gasteiger partial charge on any atom is 0.255 e. The van der Waals surface area contributed by atoms with Crippen molar-refractivity contribution in [1.29, 1.82) is 0 Å². The van der Waals surface area contributed by atoms with Crippen LogP contribution in [-0.2, 0) is 22.7 Å². The Bertz CT molecular complexity index is 778. The van der Waals surface area contributed by atoms with E-state index in [9.17, 15) is 14.4 Å². The number of nitrogens with one attached hydrogen (secondary N) is 3. The maximum atomic E-state index is 12.7. The first-order valence-electron chi connectivity index (χ1n) is 9.72. The third kappa shape index (κ3) is 3.75. The lowest BCUT2D eigenvalue weighted by Gasteiger charge is -2.29. The summed E-state index contributed by atoms with van der Waals surface area (Å²) in [6, 6.07) is 5.81. The molecule has 3 aliphatic rings. The minimum Gasteiger partial charge on any atom is -0.322 e. The second-order valence-corrected chi connectivity index (χ2v) is 7.97. The molecule has 4 rings (SSSR count). The normalized spacial score (nSPS) is 28.3. The molecule has 144 valence electrons. The number of nitrogens with zero attached hydrogens (tertiary/aromatic N) is 1. The lowest BCUT2D eigenvalue weighted by Crippen LogP contribution is -2.52. The molecule has 7 heteroatoms. The highest BCUT2D eigenvalue weighted by Crippen LogP contribution is 2.28. The van der Waals surface area contributed by atoms with E-state index in [-0.39, 0.29) is 24.1 Å². The van der Waals surface area contributed by atoms with Gasteiger partial charge >= 0.3 is 0 Å². The van der Waals surface area contributed by atoms with Gasteiger partial charge in [0.15, 0.2) is 0 Å². The molecule has 1 unspecified atom stereocenters. The zero-order chi connectivity index (χ0) is 19.0. The van der Waals surface area contributed by atoms with Gasteiger partial charge in [0.05, 0.1) is 0 Å². The summed E-state index contributed by atoms with van der Waals surface area (Å²) < 4.78 is 0. The second-order valence-electron chi connectivity index (χ2n) is 7.97. The number of hydrogen-bond acceptors (Lipinski definition) is 5. The highest BCUT2D eigenvalue weighted by Gasteiger charge is 2.39. The highest BCUT2D eigenvalue weighted by atomic mass is 16.2. The van der Waals surface area contributed by atoms with Crippen LogP contribution in [0.25, 0.3) is 0 Å². The Morgan fingerprint density at radius 1 is 1.22 bits per heavy atom. The molecule has 7 nitrogen and oxygen atoms in total. The Morgan fingerprint density at radius 2 is 2.07 bits per heavy atom. The topological polar surface area (TPSA) is 90.5 Å². The standard InChI is InChI=1S/C20H26N4O3/c1-12-6-15(10-21-8-12)22-9-13-2-3-16-14(7-13)11-24(20(16)27)17-4-5-18(25)23-19(17)26/h2-3,7,12,15,17,21-22H,4-6,8-11H2,1H3,(H,23,25,26)/t12-,15-,17?/m0/s1. The number of rotatable bonds is 4. The molecule has 1 aromatic carbocycles. The van der Waals surface area contributed by atoms with Gasteiger partial charge in [-0.25, -0.2) is 0 Å². The van der Waals surface area contributed by atoms with Crippen molar-refractivity contribution in [2.24, 2.45) is 5.92 Å². The highest BCUT2D eigenvalue weighted by molar-refractivity contribution is 6.05. The predicted octanol–water partition coefficient (Wildman–Crippen LogP) is 0.535. The van der Waals surface area contributed by atoms with Crippen LogP contribution in [-0.4, -0.2) is 47.8 Å². The third-order valence-electron chi connectivity index (χ3n) is 5.75. The molecule has 1 aromatic rings. The van der Waals surface area contributed by atoms with Gasteiger partial charge in [0, 0.05) is 37.7 Å². The smallest absolute Gasteiger partial charge is 0.255 e. The van der Waals surface area contributed by atoms with Crippen LogP contribution in [0.15, 0.2) is 18.2 Å². The molecule has 3 atom stereocenters. The van der Waals surface area contributed by atoms with Crippen molar-refractivity contribution in [2.45, 2.75) is 51.4 Å². The SMILES string of the molecule is C[C@@H]1CNC[C@@H](NCc2ccc3c(c2)CN(C2CCC(=O)NC2=O)C3=O)C1. The van der Waals surface area contributed by atoms with Crippen molar-refractivity contribution in [1.82, 2.24) is 20.9 Å². The molecular formula is C20H26N4O3. The van der Waals surface area contributed by atoms with Gasteiger partial charge < -0.3 is 15.5 Å². The third-order valence-corrected chi connectivity index (χ3v) is 5.75. The first-order chi connectivity index (χ1) is 13.0. The minimum atomic E-state index is -0.557. The molecule has 0 aromatic heterocycles. The van der Waals surface area contributed by atoms with Crippen molar-refractivity contribution >= 4 is 17.7 Å². The van der Waals surface area contributed by atoms with Gasteiger partial charge in [-0.3, -0.25) is 19.7 Å². The van der Waals surface area contributed by atoms with Gasteiger partial charge in [-0.15, -0.1) is 0 Å². The number of amides is 3. The summed E-state index contributed by atoms with van der Waals surface area (Å²) in [5.74, 6) is -0.0752. The summed E-state index contributed by atoms with van der Waals surface area (Å²) in [5, 5.41) is 9.37. The fourth-order valence-electron chi connectivity index (χ4n) is 4.31. The van der Waals surface area contributed by atoms with Crippen LogP contribution < -0.4 is 16.0 Å². The number of piperidine rings is 2. The predicted molar refractivity (Wildman–Crippen MR) is 99.8 cm³/mol. The molecule has 0 radical (unpaired) electrons. The van der Waals surface area contributed by atoms with Crippen LogP contribution in [0.4, 0.5) is 0 Å². The summed E-state index contributed by atoms with van der Waals surface area (Å²) in [4.78, 5) is 37.8. The molecule has 0 spiro atoms. The quantitative estimate of drug-likeness (QED) is 0.673. The Hall–Kier alpha value is -2.25. The Morgan fingerprint density at radius 3 is 2.85 bits per heavy atom. The van der Waals surface area contributed by atoms with Crippen LogP contribution in [0.1, 0.15) is 47.7 Å². The molecular weight excluding hydrogens is 344 g/mol. The summed E-state index contributed by atoms with van der Waals surface area (Å²) in [7, 11) is 0. The minimum absolute atomic E-state index is 0.121. The van der Waals surface area contributed by atoms with E-state index in [1.165, 1.54) is 6.42 Å². The number of carbonyl (C=O) groups excluding carboxylic acids is 3. The molecule has 0 aliphatic carbocycles. The zero-order valence-corrected chi connectivity index (χ0v) is 15.6. The van der Waals surface area contributed by atoms with Gasteiger partial charge in [-0.05, 0) is 42.5 Å². The number of hydrogen-bond donors (Lipinski definition) is 3. The monoisotopic (exact) mass is 370 g/mol. The van der Waals surface area contributed by atoms with Gasteiger partial charge in [0.1, 0.15) is 6.04 Å². The molecule has 3 N–H and O–H groups in total. The van der Waals surface area contributed by atoms with Crippen LogP contribution in [0, 0.1) is 5.92 Å². The zero-order valence-electron chi connectivity index (χ0n) is 15.6. The summed E-state index contributed by atoms with van der Waals surface area (Å²) in [6.07, 6.45) is 1.84. The van der Waals surface area contributed by atoms with Gasteiger partial charge in [0.25, 0.3) is 5.91 Å². The van der Waals surface area contributed by atoms with E-state index in [2.05, 4.69) is 28.9 Å². The molecule has 27 heavy (non-hydrogen) atoms. The van der Waals surface area contributed by atoms with E-state index >= 15 is 0 Å². The maximum absolute atomic E-state index is 12.7. The summed E-state index contributed by atoms with van der Waals surface area (Å²) in [6.45, 7) is 5.51. The Labute approximate surface area is 158 Å². The lowest BCUT2D eigenvalue weighted by atomic mass is 9.97. The Balaban J connectivity index is 1.41. The molecule has 2 fully saturated rings. The van der Waals surface area contributed by atoms with E-state index in [1.54, 1.807) is 4.90 Å². The first-order valence-corrected chi connectivity index (χ1v) is 9.72. The van der Waals surface area contributed by atoms with Crippen molar-refractivity contribution in [3.8, 4) is 0 Å². The van der Waals surface area contributed by atoms with Gasteiger partial charge in [-0.1, -0.05) is 19.1 Å². The van der Waals surface area contributed by atoms with Crippen LogP contribution in [0.3, 0.4) is 0 Å². The number of fused-ring (bicyclic) bond motifs is 1. The average Bonchev–Trinajstić information content (AvgIpc) is 2.96. The summed E-state index contributed by atoms with van der Waals surface area (Å²) >= 11 is 0. The summed E-state index contributed by atoms with van der Waals surface area (Å²) in [5.41, 5.74) is 2.76. The van der Waals surface area contributed by atoms with E-state index in [1.807, 2.05) is 12.1 Å². The fraction of sp³-hybridized carbons (Fsp3) is 0.550. The van der Waals surface area contributed by atoms with Gasteiger partial charge in [-0.2, -0.15) is 0 Å². The van der Waals surface area contributed by atoms with Crippen molar-refractivity contribution in [3.63, 3.8) is 0 Å². The van der Waals surface area contributed by atoms with E-state index in [4.69, 9.17) is 0 Å². The van der Waals surface area contributed by atoms with Crippen LogP contribution in [0.2, 0.25) is 0 Å². The first kappa shape index (κ1) is 18.1. The average molecular weight is 370 g/mol. The van der Waals surface area contributed by atoms with Crippen LogP contribution in [0.5, 0.6) is 0 Å². The fourth-order valence-corrected chi connectivity index (χ4v) is 4.31. The van der Waals surface area contributed by atoms with Crippen molar-refractivity contribution in [3.05, 3.63) is 34.9 Å². The molecule has 3 amide bonds. The second kappa shape index (κ2) is 7.40. The van der Waals surface area contributed by atoms with Crippen molar-refractivity contribution < 1.29 is 14.4 Å². The lowest BCUT2D eigenvalue weighted by molar-refractivity contribution is -0.136. The largest absolute Gasteiger partial charge is 0.322 e. The number of carbonyl (C=O) groups is 3. The molecule has 3 aliphatic heterocycles. The molecule has 2 saturated heterocycles. The molecule has 3 heterocycles. The van der Waals surface area contributed by atoms with Crippen molar-refractivity contribution in [2.75, 3.05) is 13.1 Å². The number of imide groups is 1. The van der Waals surface area contributed by atoms with E-state index in [0.29, 0.717) is 30.5 Å². The molecule has 0 saturated carbocycles. The van der Waals surface area contributed by atoms with Gasteiger partial charge in [0.2, 0.25) is 11.8 Å².